The van der Waals surface area contributed by atoms with Gasteiger partial charge in [0.2, 0.25) is 0 Å². The van der Waals surface area contributed by atoms with Crippen LogP contribution in [-0.2, 0) is 0 Å². The lowest BCUT2D eigenvalue weighted by atomic mass is 10.1. The number of hydrogen-bond donors (Lipinski definition) is 1. The lowest BCUT2D eigenvalue weighted by Crippen LogP contribution is -2.51. The Morgan fingerprint density at radius 1 is 1.24 bits per heavy atom. The fraction of sp³-hybridized carbons (Fsp3) is 0.750. The van der Waals surface area contributed by atoms with E-state index in [0.29, 0.717) is 6.04 Å². The number of thiophene rings is 1. The number of nitrogens with zero attached hydrogens (tertiary/aromatic N) is 3. The lowest BCUT2D eigenvalue weighted by molar-refractivity contribution is 0.0844. The summed E-state index contributed by atoms with van der Waals surface area (Å²) in [6, 6.07) is 5.02. The van der Waals surface area contributed by atoms with E-state index in [1.807, 2.05) is 11.3 Å². The van der Waals surface area contributed by atoms with Crippen molar-refractivity contribution in [2.24, 2.45) is 5.73 Å². The molecule has 0 aromatic carbocycles. The van der Waals surface area contributed by atoms with Crippen molar-refractivity contribution in [3.8, 4) is 0 Å². The Balaban J connectivity index is 1.92. The van der Waals surface area contributed by atoms with Gasteiger partial charge in [-0.1, -0.05) is 0 Å². The second kappa shape index (κ2) is 7.70. The fourth-order valence-electron chi connectivity index (χ4n) is 2.99. The second-order valence-electron chi connectivity index (χ2n) is 6.43. The maximum absolute atomic E-state index is 6.29. The Labute approximate surface area is 133 Å². The monoisotopic (exact) mass is 310 g/mol. The van der Waals surface area contributed by atoms with Crippen LogP contribution in [0.25, 0.3) is 0 Å². The molecule has 0 amide bonds. The zero-order chi connectivity index (χ0) is 15.4. The van der Waals surface area contributed by atoms with Crippen molar-refractivity contribution in [1.82, 2.24) is 14.7 Å². The number of piperazine rings is 1. The number of likely N-dealkylation sites (N-methyl/N-ethyl adjacent to an activating group) is 1. The largest absolute Gasteiger partial charge is 0.326 e. The van der Waals surface area contributed by atoms with Gasteiger partial charge in [-0.15, -0.1) is 11.3 Å². The molecule has 5 heteroatoms. The molecule has 0 aliphatic carbocycles. The minimum atomic E-state index is 0.177. The predicted octanol–water partition coefficient (Wildman–Crippen LogP) is 1.62. The minimum Gasteiger partial charge on any atom is -0.326 e. The lowest BCUT2D eigenvalue weighted by Gasteiger charge is -2.40. The maximum atomic E-state index is 6.29. The topological polar surface area (TPSA) is 35.7 Å². The Morgan fingerprint density at radius 3 is 2.38 bits per heavy atom. The standard InChI is InChI=1S/C16H30N4S/c1-13-5-6-15(21-13)16(14(2)17)20-11-9-19(10-12-20)8-7-18(3)4/h5-6,14,16H,7-12,17H2,1-4H3. The summed E-state index contributed by atoms with van der Waals surface area (Å²) in [7, 11) is 4.28. The minimum absolute atomic E-state index is 0.177. The molecule has 1 aromatic rings. The van der Waals surface area contributed by atoms with E-state index in [4.69, 9.17) is 5.73 Å². The summed E-state index contributed by atoms with van der Waals surface area (Å²) in [6.45, 7) is 11.2. The van der Waals surface area contributed by atoms with E-state index < -0.39 is 0 Å². The quantitative estimate of drug-likeness (QED) is 0.866. The van der Waals surface area contributed by atoms with Crippen molar-refractivity contribution in [3.05, 3.63) is 21.9 Å². The van der Waals surface area contributed by atoms with E-state index in [9.17, 15) is 0 Å². The number of hydrogen-bond acceptors (Lipinski definition) is 5. The molecule has 1 fully saturated rings. The molecule has 4 nitrogen and oxygen atoms in total. The van der Waals surface area contributed by atoms with Crippen molar-refractivity contribution in [2.45, 2.75) is 25.9 Å². The van der Waals surface area contributed by atoms with Gasteiger partial charge >= 0.3 is 0 Å². The molecule has 2 unspecified atom stereocenters. The molecule has 0 saturated carbocycles. The third-order valence-corrected chi connectivity index (χ3v) is 5.29. The van der Waals surface area contributed by atoms with Crippen molar-refractivity contribution >= 4 is 11.3 Å². The van der Waals surface area contributed by atoms with Gasteiger partial charge < -0.3 is 10.6 Å². The zero-order valence-electron chi connectivity index (χ0n) is 13.9. The van der Waals surface area contributed by atoms with E-state index in [1.165, 1.54) is 16.3 Å². The van der Waals surface area contributed by atoms with Gasteiger partial charge in [-0.25, -0.2) is 0 Å². The summed E-state index contributed by atoms with van der Waals surface area (Å²) in [5.74, 6) is 0. The highest BCUT2D eigenvalue weighted by Gasteiger charge is 2.28. The summed E-state index contributed by atoms with van der Waals surface area (Å²) in [5, 5.41) is 0. The van der Waals surface area contributed by atoms with Crippen molar-refractivity contribution in [2.75, 3.05) is 53.4 Å². The molecule has 1 aliphatic rings. The van der Waals surface area contributed by atoms with Crippen LogP contribution in [-0.4, -0.2) is 74.1 Å². The van der Waals surface area contributed by atoms with Gasteiger partial charge in [-0.3, -0.25) is 9.80 Å². The maximum Gasteiger partial charge on any atom is 0.0591 e. The molecule has 2 atom stereocenters. The van der Waals surface area contributed by atoms with E-state index in [1.54, 1.807) is 0 Å². The number of rotatable bonds is 6. The van der Waals surface area contributed by atoms with E-state index in [0.717, 1.165) is 32.7 Å². The number of nitrogens with two attached hydrogens (primary N) is 1. The summed E-state index contributed by atoms with van der Waals surface area (Å²) >= 11 is 1.89. The average Bonchev–Trinajstić information content (AvgIpc) is 2.84. The highest BCUT2D eigenvalue weighted by atomic mass is 32.1. The number of aryl methyl sites for hydroxylation is 1. The average molecular weight is 311 g/mol. The predicted molar refractivity (Wildman–Crippen MR) is 92.0 cm³/mol. The Kier molecular flexibility index (Phi) is 6.20. The van der Waals surface area contributed by atoms with Gasteiger partial charge in [0.15, 0.2) is 0 Å². The summed E-state index contributed by atoms with van der Waals surface area (Å²) < 4.78 is 0. The van der Waals surface area contributed by atoms with Crippen molar-refractivity contribution in [1.29, 1.82) is 0 Å². The second-order valence-corrected chi connectivity index (χ2v) is 7.75. The molecule has 1 aliphatic heterocycles. The van der Waals surface area contributed by atoms with Gasteiger partial charge in [0, 0.05) is 55.1 Å². The summed E-state index contributed by atoms with van der Waals surface area (Å²) in [6.07, 6.45) is 0. The molecule has 0 spiro atoms. The third-order valence-electron chi connectivity index (χ3n) is 4.21. The van der Waals surface area contributed by atoms with Crippen LogP contribution in [0.15, 0.2) is 12.1 Å². The van der Waals surface area contributed by atoms with Crippen LogP contribution in [0.3, 0.4) is 0 Å². The molecule has 1 aromatic heterocycles. The van der Waals surface area contributed by atoms with Gasteiger partial charge in [0.1, 0.15) is 0 Å². The zero-order valence-corrected chi connectivity index (χ0v) is 14.7. The highest BCUT2D eigenvalue weighted by Crippen LogP contribution is 2.30. The molecule has 2 rings (SSSR count). The molecule has 2 N–H and O–H groups in total. The Bertz CT molecular complexity index is 422. The molecule has 2 heterocycles. The van der Waals surface area contributed by atoms with Gasteiger partial charge in [-0.05, 0) is 40.1 Å². The van der Waals surface area contributed by atoms with Crippen molar-refractivity contribution < 1.29 is 0 Å². The molecule has 1 saturated heterocycles. The Morgan fingerprint density at radius 2 is 1.90 bits per heavy atom. The van der Waals surface area contributed by atoms with Crippen LogP contribution in [0.5, 0.6) is 0 Å². The van der Waals surface area contributed by atoms with Crippen LogP contribution in [0.2, 0.25) is 0 Å². The molecule has 21 heavy (non-hydrogen) atoms. The van der Waals surface area contributed by atoms with E-state index in [-0.39, 0.29) is 6.04 Å². The van der Waals surface area contributed by atoms with Crippen molar-refractivity contribution in [3.63, 3.8) is 0 Å². The molecular weight excluding hydrogens is 280 g/mol. The van der Waals surface area contributed by atoms with Crippen LogP contribution in [0.1, 0.15) is 22.7 Å². The normalized spacial score (nSPS) is 20.9. The molecule has 0 bridgehead atoms. The highest BCUT2D eigenvalue weighted by molar-refractivity contribution is 7.12. The Hall–Kier alpha value is -0.460. The first-order valence-electron chi connectivity index (χ1n) is 7.90. The van der Waals surface area contributed by atoms with Crippen LogP contribution in [0.4, 0.5) is 0 Å². The summed E-state index contributed by atoms with van der Waals surface area (Å²) in [5.41, 5.74) is 6.29. The van der Waals surface area contributed by atoms with E-state index >= 15 is 0 Å². The third kappa shape index (κ3) is 4.76. The molecule has 120 valence electrons. The molecule has 0 radical (unpaired) electrons. The van der Waals surface area contributed by atoms with Gasteiger partial charge in [-0.2, -0.15) is 0 Å². The first kappa shape index (κ1) is 16.9. The first-order chi connectivity index (χ1) is 9.97. The fourth-order valence-corrected chi connectivity index (χ4v) is 4.12. The smallest absolute Gasteiger partial charge is 0.0591 e. The summed E-state index contributed by atoms with van der Waals surface area (Å²) in [4.78, 5) is 10.2. The van der Waals surface area contributed by atoms with E-state index in [2.05, 4.69) is 54.8 Å². The van der Waals surface area contributed by atoms with Gasteiger partial charge in [0.05, 0.1) is 6.04 Å². The van der Waals surface area contributed by atoms with Crippen LogP contribution >= 0.6 is 11.3 Å². The van der Waals surface area contributed by atoms with Crippen LogP contribution in [0, 0.1) is 6.92 Å². The SMILES string of the molecule is Cc1ccc(C(C(C)N)N2CCN(CCN(C)C)CC2)s1. The van der Waals surface area contributed by atoms with Crippen LogP contribution < -0.4 is 5.73 Å². The first-order valence-corrected chi connectivity index (χ1v) is 8.72. The molecular formula is C16H30N4S. The van der Waals surface area contributed by atoms with Gasteiger partial charge in [0.25, 0.3) is 0 Å².